The molecule has 1 heterocycles. The van der Waals surface area contributed by atoms with Crippen LogP contribution in [0.25, 0.3) is 0 Å². The van der Waals surface area contributed by atoms with Crippen LogP contribution < -0.4 is 14.9 Å². The summed E-state index contributed by atoms with van der Waals surface area (Å²) in [4.78, 5) is 16.1. The molecule has 152 valence electrons. The van der Waals surface area contributed by atoms with Gasteiger partial charge in [-0.05, 0) is 46.6 Å². The molecule has 29 heavy (non-hydrogen) atoms. The first-order valence-electron chi connectivity index (χ1n) is 8.30. The van der Waals surface area contributed by atoms with Crippen LogP contribution in [0.2, 0.25) is 0 Å². The van der Waals surface area contributed by atoms with Crippen LogP contribution in [-0.4, -0.2) is 43.0 Å². The number of hydrazone groups is 1. The van der Waals surface area contributed by atoms with E-state index in [1.165, 1.54) is 20.4 Å². The third-order valence-corrected chi connectivity index (χ3v) is 4.23. The minimum absolute atomic E-state index is 0.0334. The van der Waals surface area contributed by atoms with Gasteiger partial charge in [-0.3, -0.25) is 4.79 Å². The van der Waals surface area contributed by atoms with Gasteiger partial charge in [0.25, 0.3) is 5.91 Å². The summed E-state index contributed by atoms with van der Waals surface area (Å²) < 4.78 is 15.9. The van der Waals surface area contributed by atoms with E-state index in [1.54, 1.807) is 25.1 Å². The average molecular weight is 463 g/mol. The highest BCUT2D eigenvalue weighted by Crippen LogP contribution is 2.34. The summed E-state index contributed by atoms with van der Waals surface area (Å²) in [6.45, 7) is 1.60. The van der Waals surface area contributed by atoms with Gasteiger partial charge in [-0.25, -0.2) is 10.4 Å². The number of phenols is 1. The lowest BCUT2D eigenvalue weighted by atomic mass is 10.1. The standard InChI is InChI=1S/C19H19BrN4O5/c1-11-4-13(9-27-2)14(7-21)19(23-11)29-10-17(25)24-22-8-12-5-15(20)18(26)16(6-12)28-3/h4-6,8,26H,9-10H2,1-3H3,(H,24,25)/b22-8+. The van der Waals surface area contributed by atoms with Gasteiger partial charge in [0, 0.05) is 18.4 Å². The lowest BCUT2D eigenvalue weighted by Gasteiger charge is -2.10. The van der Waals surface area contributed by atoms with Gasteiger partial charge in [-0.1, -0.05) is 0 Å². The number of halogens is 1. The summed E-state index contributed by atoms with van der Waals surface area (Å²) in [5, 5.41) is 23.0. The van der Waals surface area contributed by atoms with Crippen molar-refractivity contribution in [1.82, 2.24) is 10.4 Å². The molecule has 0 spiro atoms. The first-order valence-corrected chi connectivity index (χ1v) is 9.09. The normalized spacial score (nSPS) is 10.6. The van der Waals surface area contributed by atoms with Crippen LogP contribution in [0.1, 0.15) is 22.4 Å². The van der Waals surface area contributed by atoms with E-state index in [2.05, 4.69) is 31.4 Å². The van der Waals surface area contributed by atoms with E-state index in [-0.39, 0.29) is 36.2 Å². The number of benzene rings is 1. The molecule has 0 aliphatic carbocycles. The first-order chi connectivity index (χ1) is 13.9. The monoisotopic (exact) mass is 462 g/mol. The van der Waals surface area contributed by atoms with Gasteiger partial charge in [-0.2, -0.15) is 10.4 Å². The van der Waals surface area contributed by atoms with Crippen molar-refractivity contribution in [2.75, 3.05) is 20.8 Å². The predicted molar refractivity (Wildman–Crippen MR) is 108 cm³/mol. The molecule has 0 aliphatic heterocycles. The number of carbonyl (C=O) groups excluding carboxylic acids is 1. The van der Waals surface area contributed by atoms with E-state index in [9.17, 15) is 15.2 Å². The molecule has 0 fully saturated rings. The fourth-order valence-electron chi connectivity index (χ4n) is 2.37. The number of ether oxygens (including phenoxy) is 3. The Hall–Kier alpha value is -3.16. The zero-order valence-electron chi connectivity index (χ0n) is 16.0. The zero-order chi connectivity index (χ0) is 21.4. The summed E-state index contributed by atoms with van der Waals surface area (Å²) in [6, 6.07) is 6.91. The molecule has 0 radical (unpaired) electrons. The lowest BCUT2D eigenvalue weighted by molar-refractivity contribution is -0.123. The number of aromatic nitrogens is 1. The number of rotatable bonds is 8. The molecule has 10 heteroatoms. The van der Waals surface area contributed by atoms with Crippen molar-refractivity contribution in [3.8, 4) is 23.4 Å². The fraction of sp³-hybridized carbons (Fsp3) is 0.263. The summed E-state index contributed by atoms with van der Waals surface area (Å²) in [5.41, 5.74) is 4.38. The maximum Gasteiger partial charge on any atom is 0.278 e. The van der Waals surface area contributed by atoms with Gasteiger partial charge in [0.2, 0.25) is 5.88 Å². The SMILES string of the molecule is COCc1cc(C)nc(OCC(=O)N/N=C/c2cc(Br)c(O)c(OC)c2)c1C#N. The molecule has 2 rings (SSSR count). The number of hydrogen-bond acceptors (Lipinski definition) is 8. The van der Waals surface area contributed by atoms with Crippen molar-refractivity contribution < 1.29 is 24.1 Å². The topological polar surface area (TPSA) is 126 Å². The van der Waals surface area contributed by atoms with E-state index in [0.29, 0.717) is 21.3 Å². The highest BCUT2D eigenvalue weighted by molar-refractivity contribution is 9.10. The summed E-state index contributed by atoms with van der Waals surface area (Å²) in [6.07, 6.45) is 1.38. The first kappa shape index (κ1) is 22.1. The van der Waals surface area contributed by atoms with Crippen molar-refractivity contribution in [3.05, 3.63) is 45.1 Å². The number of aryl methyl sites for hydroxylation is 1. The van der Waals surface area contributed by atoms with Crippen LogP contribution in [0.3, 0.4) is 0 Å². The number of methoxy groups -OCH3 is 2. The Kier molecular flexibility index (Phi) is 7.94. The number of pyridine rings is 1. The molecule has 0 atom stereocenters. The molecule has 0 bridgehead atoms. The van der Waals surface area contributed by atoms with Crippen molar-refractivity contribution in [3.63, 3.8) is 0 Å². The molecule has 1 aromatic heterocycles. The number of amides is 1. The van der Waals surface area contributed by atoms with Crippen molar-refractivity contribution in [2.45, 2.75) is 13.5 Å². The van der Waals surface area contributed by atoms with Gasteiger partial charge < -0.3 is 19.3 Å². The van der Waals surface area contributed by atoms with Crippen LogP contribution >= 0.6 is 15.9 Å². The molecule has 0 unspecified atom stereocenters. The van der Waals surface area contributed by atoms with Gasteiger partial charge in [-0.15, -0.1) is 0 Å². The van der Waals surface area contributed by atoms with Crippen molar-refractivity contribution >= 4 is 28.1 Å². The number of hydrogen-bond donors (Lipinski definition) is 2. The zero-order valence-corrected chi connectivity index (χ0v) is 17.6. The maximum absolute atomic E-state index is 12.0. The largest absolute Gasteiger partial charge is 0.503 e. The van der Waals surface area contributed by atoms with Crippen LogP contribution in [0.5, 0.6) is 17.4 Å². The Labute approximate surface area is 176 Å². The van der Waals surface area contributed by atoms with E-state index >= 15 is 0 Å². The smallest absolute Gasteiger partial charge is 0.278 e. The Morgan fingerprint density at radius 1 is 1.41 bits per heavy atom. The average Bonchev–Trinajstić information content (AvgIpc) is 2.69. The third kappa shape index (κ3) is 5.91. The van der Waals surface area contributed by atoms with Crippen molar-refractivity contribution in [1.29, 1.82) is 5.26 Å². The molecule has 0 saturated carbocycles. The highest BCUT2D eigenvalue weighted by Gasteiger charge is 2.14. The Morgan fingerprint density at radius 3 is 2.83 bits per heavy atom. The number of nitrogens with zero attached hydrogens (tertiary/aromatic N) is 3. The maximum atomic E-state index is 12.0. The van der Waals surface area contributed by atoms with Gasteiger partial charge in [0.1, 0.15) is 11.6 Å². The van der Waals surface area contributed by atoms with Gasteiger partial charge in [0.15, 0.2) is 18.1 Å². The van der Waals surface area contributed by atoms with E-state index < -0.39 is 5.91 Å². The second kappa shape index (κ2) is 10.4. The molecule has 2 N–H and O–H groups in total. The molecule has 1 aromatic carbocycles. The van der Waals surface area contributed by atoms with Crippen LogP contribution in [0, 0.1) is 18.3 Å². The summed E-state index contributed by atoms with van der Waals surface area (Å²) in [7, 11) is 2.94. The summed E-state index contributed by atoms with van der Waals surface area (Å²) in [5.74, 6) is -0.247. The predicted octanol–water partition coefficient (Wildman–Crippen LogP) is 2.41. The van der Waals surface area contributed by atoms with E-state index in [1.807, 2.05) is 6.07 Å². The van der Waals surface area contributed by atoms with E-state index in [0.717, 1.165) is 0 Å². The molecule has 2 aromatic rings. The number of nitriles is 1. The minimum Gasteiger partial charge on any atom is -0.503 e. The minimum atomic E-state index is -0.536. The molecule has 9 nitrogen and oxygen atoms in total. The number of carbonyl (C=O) groups is 1. The fourth-order valence-corrected chi connectivity index (χ4v) is 2.83. The Morgan fingerprint density at radius 2 is 2.17 bits per heavy atom. The second-order valence-electron chi connectivity index (χ2n) is 5.78. The quantitative estimate of drug-likeness (QED) is 0.455. The highest BCUT2D eigenvalue weighted by atomic mass is 79.9. The second-order valence-corrected chi connectivity index (χ2v) is 6.64. The van der Waals surface area contributed by atoms with Crippen LogP contribution in [0.4, 0.5) is 0 Å². The van der Waals surface area contributed by atoms with Gasteiger partial charge >= 0.3 is 0 Å². The molecule has 0 saturated heterocycles. The molecular formula is C19H19BrN4O5. The lowest BCUT2D eigenvalue weighted by Crippen LogP contribution is -2.25. The third-order valence-electron chi connectivity index (χ3n) is 3.62. The van der Waals surface area contributed by atoms with Crippen LogP contribution in [-0.2, 0) is 16.1 Å². The van der Waals surface area contributed by atoms with Gasteiger partial charge in [0.05, 0.1) is 24.4 Å². The Balaban J connectivity index is 2.02. The van der Waals surface area contributed by atoms with Crippen molar-refractivity contribution in [2.24, 2.45) is 5.10 Å². The Bertz CT molecular complexity index is 972. The number of nitrogens with one attached hydrogen (secondary N) is 1. The van der Waals surface area contributed by atoms with E-state index in [4.69, 9.17) is 14.2 Å². The van der Waals surface area contributed by atoms with Crippen LogP contribution in [0.15, 0.2) is 27.8 Å². The molecular weight excluding hydrogens is 444 g/mol. The summed E-state index contributed by atoms with van der Waals surface area (Å²) >= 11 is 3.20. The number of aromatic hydroxyl groups is 1. The molecule has 0 aliphatic rings. The number of phenolic OH excluding ortho intramolecular Hbond substituents is 1. The molecule has 1 amide bonds.